The van der Waals surface area contributed by atoms with Crippen LogP contribution in [0.15, 0.2) is 35.0 Å². The van der Waals surface area contributed by atoms with E-state index in [1.807, 2.05) is 0 Å². The van der Waals surface area contributed by atoms with Crippen LogP contribution in [0.2, 0.25) is 0 Å². The third-order valence-electron chi connectivity index (χ3n) is 2.80. The molecule has 0 saturated carbocycles. The number of nitrogens with two attached hydrogens (primary N) is 1. The normalized spacial score (nSPS) is 12.4. The van der Waals surface area contributed by atoms with Crippen molar-refractivity contribution in [1.29, 1.82) is 0 Å². The Balaban J connectivity index is 1.74. The van der Waals surface area contributed by atoms with Crippen LogP contribution in [0.3, 0.4) is 0 Å². The summed E-state index contributed by atoms with van der Waals surface area (Å²) in [4.78, 5) is 4.19. The number of H-pyrrole nitrogens is 1. The molecule has 1 atom stereocenters. The number of hydrogen-bond donors (Lipinski definition) is 3. The molecule has 0 saturated heterocycles. The van der Waals surface area contributed by atoms with Gasteiger partial charge in [-0.2, -0.15) is 20.4 Å². The van der Waals surface area contributed by atoms with E-state index in [9.17, 15) is 5.11 Å². The summed E-state index contributed by atoms with van der Waals surface area (Å²) >= 11 is 0. The fraction of sp³-hybridized carbons (Fsp3) is 0.167. The summed E-state index contributed by atoms with van der Waals surface area (Å²) in [5.74, 6) is 0.888. The van der Waals surface area contributed by atoms with Crippen LogP contribution in [-0.2, 0) is 6.42 Å². The molecule has 102 valence electrons. The predicted molar refractivity (Wildman–Crippen MR) is 68.4 cm³/mol. The van der Waals surface area contributed by atoms with Gasteiger partial charge >= 0.3 is 0 Å². The van der Waals surface area contributed by atoms with Gasteiger partial charge in [-0.1, -0.05) is 17.3 Å². The molecule has 1 unspecified atom stereocenters. The molecule has 2 heterocycles. The summed E-state index contributed by atoms with van der Waals surface area (Å²) in [5, 5.41) is 23.1. The highest BCUT2D eigenvalue weighted by Gasteiger charge is 2.17. The SMILES string of the molecule is NC(Cc1ccc(O)cc1)c1nc(-c2cn[nH]n2)no1. The predicted octanol–water partition coefficient (Wildman–Crippen LogP) is 0.803. The van der Waals surface area contributed by atoms with Gasteiger partial charge in [0, 0.05) is 0 Å². The van der Waals surface area contributed by atoms with E-state index < -0.39 is 6.04 Å². The Bertz CT molecular complexity index is 676. The number of aromatic amines is 1. The van der Waals surface area contributed by atoms with Crippen molar-refractivity contribution in [2.45, 2.75) is 12.5 Å². The van der Waals surface area contributed by atoms with Crippen LogP contribution in [0.5, 0.6) is 5.75 Å². The second kappa shape index (κ2) is 5.10. The molecule has 0 spiro atoms. The van der Waals surface area contributed by atoms with Crippen molar-refractivity contribution < 1.29 is 9.63 Å². The maximum Gasteiger partial charge on any atom is 0.244 e. The average Bonchev–Trinajstić information content (AvgIpc) is 3.11. The Morgan fingerprint density at radius 3 is 2.80 bits per heavy atom. The van der Waals surface area contributed by atoms with Gasteiger partial charge in [0.05, 0.1) is 12.2 Å². The standard InChI is InChI=1S/C12H12N6O2/c13-9(5-7-1-3-8(19)4-2-7)12-15-11(17-20-12)10-6-14-18-16-10/h1-4,6,9,19H,5,13H2,(H,14,16,18). The fourth-order valence-corrected chi connectivity index (χ4v) is 1.77. The Labute approximate surface area is 113 Å². The summed E-state index contributed by atoms with van der Waals surface area (Å²) in [6.07, 6.45) is 2.03. The van der Waals surface area contributed by atoms with E-state index in [4.69, 9.17) is 10.3 Å². The molecule has 3 aromatic rings. The van der Waals surface area contributed by atoms with Crippen LogP contribution in [0.25, 0.3) is 11.5 Å². The fourth-order valence-electron chi connectivity index (χ4n) is 1.77. The van der Waals surface area contributed by atoms with Crippen LogP contribution < -0.4 is 5.73 Å². The van der Waals surface area contributed by atoms with Crippen molar-refractivity contribution in [3.8, 4) is 17.3 Å². The van der Waals surface area contributed by atoms with Gasteiger partial charge in [0.1, 0.15) is 5.75 Å². The Morgan fingerprint density at radius 1 is 1.30 bits per heavy atom. The molecule has 20 heavy (non-hydrogen) atoms. The Morgan fingerprint density at radius 2 is 2.10 bits per heavy atom. The summed E-state index contributed by atoms with van der Waals surface area (Å²) in [6.45, 7) is 0. The number of phenolic OH excluding ortho intramolecular Hbond substituents is 1. The number of nitrogens with zero attached hydrogens (tertiary/aromatic N) is 4. The van der Waals surface area contributed by atoms with Gasteiger partial charge in [0.2, 0.25) is 11.7 Å². The third kappa shape index (κ3) is 2.50. The van der Waals surface area contributed by atoms with Crippen molar-refractivity contribution in [2.75, 3.05) is 0 Å². The first-order valence-electron chi connectivity index (χ1n) is 5.95. The second-order valence-electron chi connectivity index (χ2n) is 4.29. The highest BCUT2D eigenvalue weighted by Crippen LogP contribution is 2.19. The molecule has 0 aliphatic heterocycles. The number of nitrogens with one attached hydrogen (secondary N) is 1. The highest BCUT2D eigenvalue weighted by molar-refractivity contribution is 5.44. The van der Waals surface area contributed by atoms with Crippen molar-refractivity contribution in [3.63, 3.8) is 0 Å². The number of phenols is 1. The zero-order chi connectivity index (χ0) is 13.9. The summed E-state index contributed by atoms with van der Waals surface area (Å²) in [5.41, 5.74) is 7.50. The molecular weight excluding hydrogens is 260 g/mol. The van der Waals surface area contributed by atoms with Gasteiger partial charge in [-0.05, 0) is 24.1 Å². The smallest absolute Gasteiger partial charge is 0.244 e. The molecule has 0 aliphatic rings. The molecule has 2 aromatic heterocycles. The van der Waals surface area contributed by atoms with Crippen LogP contribution in [-0.4, -0.2) is 30.7 Å². The van der Waals surface area contributed by atoms with E-state index in [2.05, 4.69) is 25.6 Å². The minimum absolute atomic E-state index is 0.216. The molecule has 0 aliphatic carbocycles. The largest absolute Gasteiger partial charge is 0.508 e. The number of hydrogen-bond acceptors (Lipinski definition) is 7. The van der Waals surface area contributed by atoms with E-state index in [-0.39, 0.29) is 5.75 Å². The Hall–Kier alpha value is -2.74. The zero-order valence-electron chi connectivity index (χ0n) is 10.4. The summed E-state index contributed by atoms with van der Waals surface area (Å²) in [6, 6.07) is 6.38. The minimum atomic E-state index is -0.423. The number of aromatic hydroxyl groups is 1. The topological polar surface area (TPSA) is 127 Å². The molecule has 8 heteroatoms. The van der Waals surface area contributed by atoms with Gasteiger partial charge < -0.3 is 15.4 Å². The van der Waals surface area contributed by atoms with Crippen LogP contribution in [0.1, 0.15) is 17.5 Å². The molecule has 8 nitrogen and oxygen atoms in total. The Kier molecular flexibility index (Phi) is 3.13. The number of rotatable bonds is 4. The van der Waals surface area contributed by atoms with Gasteiger partial charge in [-0.25, -0.2) is 0 Å². The lowest BCUT2D eigenvalue weighted by molar-refractivity contribution is 0.354. The van der Waals surface area contributed by atoms with E-state index in [0.29, 0.717) is 23.8 Å². The lowest BCUT2D eigenvalue weighted by atomic mass is 10.1. The lowest BCUT2D eigenvalue weighted by Gasteiger charge is -2.06. The van der Waals surface area contributed by atoms with Crippen LogP contribution in [0.4, 0.5) is 0 Å². The first kappa shape index (κ1) is 12.3. The van der Waals surface area contributed by atoms with Gasteiger partial charge in [0.15, 0.2) is 5.69 Å². The molecule has 0 radical (unpaired) electrons. The van der Waals surface area contributed by atoms with Crippen molar-refractivity contribution >= 4 is 0 Å². The monoisotopic (exact) mass is 272 g/mol. The molecular formula is C12H12N6O2. The van der Waals surface area contributed by atoms with Crippen LogP contribution >= 0.6 is 0 Å². The van der Waals surface area contributed by atoms with E-state index in [1.54, 1.807) is 24.3 Å². The maximum absolute atomic E-state index is 9.23. The number of benzene rings is 1. The highest BCUT2D eigenvalue weighted by atomic mass is 16.5. The van der Waals surface area contributed by atoms with E-state index in [0.717, 1.165) is 5.56 Å². The van der Waals surface area contributed by atoms with Gasteiger partial charge in [0.25, 0.3) is 0 Å². The van der Waals surface area contributed by atoms with Gasteiger partial charge in [-0.3, -0.25) is 0 Å². The zero-order valence-corrected chi connectivity index (χ0v) is 10.4. The summed E-state index contributed by atoms with van der Waals surface area (Å²) in [7, 11) is 0. The molecule has 0 amide bonds. The molecule has 0 fully saturated rings. The third-order valence-corrected chi connectivity index (χ3v) is 2.80. The van der Waals surface area contributed by atoms with Crippen molar-refractivity contribution in [2.24, 2.45) is 5.73 Å². The molecule has 4 N–H and O–H groups in total. The molecule has 0 bridgehead atoms. The second-order valence-corrected chi connectivity index (χ2v) is 4.29. The van der Waals surface area contributed by atoms with Gasteiger partial charge in [-0.15, -0.1) is 0 Å². The van der Waals surface area contributed by atoms with E-state index in [1.165, 1.54) is 6.20 Å². The van der Waals surface area contributed by atoms with Crippen molar-refractivity contribution in [3.05, 3.63) is 41.9 Å². The summed E-state index contributed by atoms with van der Waals surface area (Å²) < 4.78 is 5.13. The minimum Gasteiger partial charge on any atom is -0.508 e. The lowest BCUT2D eigenvalue weighted by Crippen LogP contribution is -2.13. The maximum atomic E-state index is 9.23. The van der Waals surface area contributed by atoms with Crippen molar-refractivity contribution in [1.82, 2.24) is 25.6 Å². The van der Waals surface area contributed by atoms with Crippen LogP contribution in [0, 0.1) is 0 Å². The van der Waals surface area contributed by atoms with E-state index >= 15 is 0 Å². The quantitative estimate of drug-likeness (QED) is 0.641. The molecule has 3 rings (SSSR count). The first-order chi connectivity index (χ1) is 9.72. The molecule has 1 aromatic carbocycles. The first-order valence-corrected chi connectivity index (χ1v) is 5.95. The number of aromatic nitrogens is 5. The average molecular weight is 272 g/mol.